The van der Waals surface area contributed by atoms with Gasteiger partial charge in [-0.05, 0) is 42.5 Å². The Labute approximate surface area is 192 Å². The minimum Gasteiger partial charge on any atom is -0.492 e. The van der Waals surface area contributed by atoms with Crippen LogP contribution in [0.25, 0.3) is 27.0 Å². The standard InChI is InChI=1S/C24H17ClN2O2S2/c25-19-12-6-4-10-17(19)21-22-26(14-15-29-16-8-2-1-3-9-16)23(28)18-11-5-7-13-20(18)27(22)24(30)31-21/h1-13H,14-15H2. The van der Waals surface area contributed by atoms with Crippen molar-refractivity contribution in [1.82, 2.24) is 8.97 Å². The molecule has 3 aromatic carbocycles. The molecule has 0 fully saturated rings. The number of rotatable bonds is 5. The van der Waals surface area contributed by atoms with Gasteiger partial charge in [-0.2, -0.15) is 0 Å². The summed E-state index contributed by atoms with van der Waals surface area (Å²) in [5, 5.41) is 1.24. The molecule has 0 aliphatic carbocycles. The van der Waals surface area contributed by atoms with Gasteiger partial charge in [0.2, 0.25) is 0 Å². The van der Waals surface area contributed by atoms with Crippen molar-refractivity contribution < 1.29 is 4.74 Å². The number of hydrogen-bond donors (Lipinski definition) is 0. The molecular weight excluding hydrogens is 448 g/mol. The van der Waals surface area contributed by atoms with Gasteiger partial charge in [-0.1, -0.05) is 60.1 Å². The van der Waals surface area contributed by atoms with Crippen molar-refractivity contribution >= 4 is 51.7 Å². The second kappa shape index (κ2) is 8.30. The third-order valence-corrected chi connectivity index (χ3v) is 6.83. The van der Waals surface area contributed by atoms with Crippen molar-refractivity contribution in [2.45, 2.75) is 6.54 Å². The summed E-state index contributed by atoms with van der Waals surface area (Å²) in [5.74, 6) is 0.765. The van der Waals surface area contributed by atoms with Crippen LogP contribution in [0.2, 0.25) is 5.02 Å². The summed E-state index contributed by atoms with van der Waals surface area (Å²) in [6.07, 6.45) is 0. The summed E-state index contributed by atoms with van der Waals surface area (Å²) >= 11 is 13.7. The maximum atomic E-state index is 13.5. The first kappa shape index (κ1) is 20.0. The van der Waals surface area contributed by atoms with Gasteiger partial charge in [0.1, 0.15) is 18.0 Å². The second-order valence-electron chi connectivity index (χ2n) is 6.97. The second-order valence-corrected chi connectivity index (χ2v) is 9.02. The fourth-order valence-corrected chi connectivity index (χ4v) is 5.47. The van der Waals surface area contributed by atoms with Crippen LogP contribution in [-0.4, -0.2) is 15.6 Å². The zero-order valence-corrected chi connectivity index (χ0v) is 18.7. The van der Waals surface area contributed by atoms with Gasteiger partial charge >= 0.3 is 0 Å². The summed E-state index contributed by atoms with van der Waals surface area (Å²) in [6.45, 7) is 0.730. The molecule has 0 radical (unpaired) electrons. The van der Waals surface area contributed by atoms with E-state index in [1.54, 1.807) is 4.57 Å². The Morgan fingerprint density at radius 3 is 2.45 bits per heavy atom. The highest BCUT2D eigenvalue weighted by molar-refractivity contribution is 7.73. The SMILES string of the molecule is O=c1c2ccccc2n2c(=S)sc(-c3ccccc3Cl)c2n1CCOc1ccccc1. The van der Waals surface area contributed by atoms with Crippen LogP contribution in [-0.2, 0) is 6.54 Å². The van der Waals surface area contributed by atoms with E-state index in [-0.39, 0.29) is 5.56 Å². The number of thiazole rings is 1. The van der Waals surface area contributed by atoms with E-state index < -0.39 is 0 Å². The van der Waals surface area contributed by atoms with Crippen molar-refractivity contribution in [3.8, 4) is 16.2 Å². The molecule has 5 aromatic rings. The van der Waals surface area contributed by atoms with E-state index in [0.29, 0.717) is 27.5 Å². The molecule has 0 amide bonds. The van der Waals surface area contributed by atoms with Crippen LogP contribution in [0.3, 0.4) is 0 Å². The van der Waals surface area contributed by atoms with Crippen LogP contribution in [0.15, 0.2) is 83.7 Å². The van der Waals surface area contributed by atoms with E-state index in [1.807, 2.05) is 83.3 Å². The van der Waals surface area contributed by atoms with Crippen LogP contribution in [0, 0.1) is 3.95 Å². The Bertz CT molecular complexity index is 1520. The molecule has 0 atom stereocenters. The number of benzene rings is 3. The van der Waals surface area contributed by atoms with Crippen molar-refractivity contribution in [2.75, 3.05) is 6.61 Å². The highest BCUT2D eigenvalue weighted by Crippen LogP contribution is 2.36. The molecule has 0 unspecified atom stereocenters. The molecule has 7 heteroatoms. The first-order valence-electron chi connectivity index (χ1n) is 9.75. The molecule has 0 aliphatic heterocycles. The largest absolute Gasteiger partial charge is 0.492 e. The highest BCUT2D eigenvalue weighted by atomic mass is 35.5. The molecule has 4 nitrogen and oxygen atoms in total. The normalized spacial score (nSPS) is 11.3. The smallest absolute Gasteiger partial charge is 0.261 e. The molecule has 2 aromatic heterocycles. The fraction of sp³-hybridized carbons (Fsp3) is 0.0833. The van der Waals surface area contributed by atoms with Gasteiger partial charge < -0.3 is 4.74 Å². The number of halogens is 1. The van der Waals surface area contributed by atoms with Gasteiger partial charge in [-0.15, -0.1) is 11.3 Å². The van der Waals surface area contributed by atoms with Crippen LogP contribution in [0.4, 0.5) is 0 Å². The quantitative estimate of drug-likeness (QED) is 0.280. The third kappa shape index (κ3) is 3.57. The molecule has 154 valence electrons. The Balaban J connectivity index is 1.74. The maximum absolute atomic E-state index is 13.5. The van der Waals surface area contributed by atoms with Gasteiger partial charge in [-0.25, -0.2) is 0 Å². The average molecular weight is 465 g/mol. The molecule has 31 heavy (non-hydrogen) atoms. The zero-order valence-electron chi connectivity index (χ0n) is 16.3. The molecule has 0 bridgehead atoms. The lowest BCUT2D eigenvalue weighted by atomic mass is 10.2. The number of nitrogens with zero attached hydrogens (tertiary/aromatic N) is 2. The molecular formula is C24H17ClN2O2S2. The van der Waals surface area contributed by atoms with Crippen molar-refractivity contribution in [2.24, 2.45) is 0 Å². The predicted octanol–water partition coefficient (Wildman–Crippen LogP) is 6.44. The third-order valence-electron chi connectivity index (χ3n) is 5.11. The van der Waals surface area contributed by atoms with Gasteiger partial charge in [0.15, 0.2) is 3.95 Å². The van der Waals surface area contributed by atoms with Gasteiger partial charge in [-0.3, -0.25) is 13.8 Å². The summed E-state index contributed by atoms with van der Waals surface area (Å²) in [7, 11) is 0. The van der Waals surface area contributed by atoms with Crippen molar-refractivity contribution in [1.29, 1.82) is 0 Å². The van der Waals surface area contributed by atoms with E-state index in [2.05, 4.69) is 0 Å². The minimum absolute atomic E-state index is 0.0756. The first-order valence-corrected chi connectivity index (χ1v) is 11.4. The minimum atomic E-state index is -0.0756. The van der Waals surface area contributed by atoms with E-state index in [9.17, 15) is 4.79 Å². The number of ether oxygens (including phenoxy) is 1. The van der Waals surface area contributed by atoms with Crippen molar-refractivity contribution in [3.63, 3.8) is 0 Å². The number of fused-ring (bicyclic) bond motifs is 3. The predicted molar refractivity (Wildman–Crippen MR) is 130 cm³/mol. The molecule has 2 heterocycles. The number of para-hydroxylation sites is 2. The van der Waals surface area contributed by atoms with Crippen molar-refractivity contribution in [3.05, 3.63) is 98.2 Å². The fourth-order valence-electron chi connectivity index (χ4n) is 3.71. The zero-order chi connectivity index (χ0) is 21.4. The lowest BCUT2D eigenvalue weighted by Crippen LogP contribution is -2.25. The Morgan fingerprint density at radius 2 is 1.65 bits per heavy atom. The lowest BCUT2D eigenvalue weighted by Gasteiger charge is -2.14. The van der Waals surface area contributed by atoms with E-state index >= 15 is 0 Å². The van der Waals surface area contributed by atoms with Crippen LogP contribution < -0.4 is 10.3 Å². The molecule has 0 saturated heterocycles. The summed E-state index contributed by atoms with van der Waals surface area (Å²) < 4.78 is 10.3. The molecule has 0 N–H and O–H groups in total. The Morgan fingerprint density at radius 1 is 0.935 bits per heavy atom. The molecule has 0 saturated carbocycles. The summed E-state index contributed by atoms with van der Waals surface area (Å²) in [5.41, 5.74) is 2.31. The first-order chi connectivity index (χ1) is 15.1. The van der Waals surface area contributed by atoms with Gasteiger partial charge in [0.05, 0.1) is 22.3 Å². The van der Waals surface area contributed by atoms with Crippen LogP contribution >= 0.6 is 35.2 Å². The van der Waals surface area contributed by atoms with E-state index in [4.69, 9.17) is 28.6 Å². The monoisotopic (exact) mass is 464 g/mol. The van der Waals surface area contributed by atoms with Crippen LogP contribution in [0.5, 0.6) is 5.75 Å². The number of aromatic nitrogens is 2. The van der Waals surface area contributed by atoms with E-state index in [0.717, 1.165) is 27.4 Å². The maximum Gasteiger partial charge on any atom is 0.261 e. The molecule has 0 aliphatic rings. The average Bonchev–Trinajstić information content (AvgIpc) is 3.14. The van der Waals surface area contributed by atoms with Gasteiger partial charge in [0.25, 0.3) is 5.56 Å². The molecule has 0 spiro atoms. The number of hydrogen-bond acceptors (Lipinski definition) is 4. The topological polar surface area (TPSA) is 35.6 Å². The van der Waals surface area contributed by atoms with Gasteiger partial charge in [0, 0.05) is 10.6 Å². The molecule has 5 rings (SSSR count). The van der Waals surface area contributed by atoms with Crippen LogP contribution in [0.1, 0.15) is 0 Å². The van der Waals surface area contributed by atoms with E-state index in [1.165, 1.54) is 11.3 Å². The summed E-state index contributed by atoms with van der Waals surface area (Å²) in [6, 6.07) is 24.7. The highest BCUT2D eigenvalue weighted by Gasteiger charge is 2.19. The Hall–Kier alpha value is -2.93. The Kier molecular flexibility index (Phi) is 5.36. The lowest BCUT2D eigenvalue weighted by molar-refractivity contribution is 0.298. The summed E-state index contributed by atoms with van der Waals surface area (Å²) in [4.78, 5) is 14.4.